The first-order chi connectivity index (χ1) is 11.2. The number of para-hydroxylation sites is 1. The number of nitrogens with one attached hydrogen (secondary N) is 1. The highest BCUT2D eigenvalue weighted by atomic mass is 32.2. The molecule has 120 valence electrons. The normalized spacial score (nSPS) is 17.8. The molecule has 0 radical (unpaired) electrons. The predicted octanol–water partition coefficient (Wildman–Crippen LogP) is 4.52. The van der Waals surface area contributed by atoms with Gasteiger partial charge in [-0.1, -0.05) is 24.3 Å². The van der Waals surface area contributed by atoms with Gasteiger partial charge in [0.05, 0.1) is 4.58 Å². The van der Waals surface area contributed by atoms with Gasteiger partial charge in [-0.15, -0.1) is 23.5 Å². The molecule has 1 unspecified atom stereocenters. The molecule has 0 saturated heterocycles. The second-order valence-corrected chi connectivity index (χ2v) is 7.72. The first-order valence-corrected chi connectivity index (χ1v) is 10.0. The van der Waals surface area contributed by atoms with Gasteiger partial charge in [-0.3, -0.25) is 4.79 Å². The van der Waals surface area contributed by atoms with E-state index in [0.29, 0.717) is 4.58 Å². The molecule has 0 saturated carbocycles. The van der Waals surface area contributed by atoms with Crippen molar-refractivity contribution in [1.82, 2.24) is 9.88 Å². The number of carbonyl (C=O) groups excluding carboxylic acids is 1. The summed E-state index contributed by atoms with van der Waals surface area (Å²) in [6.45, 7) is 0. The zero-order chi connectivity index (χ0) is 16.4. The number of aromatic nitrogens is 1. The largest absolute Gasteiger partial charge is 0.357 e. The molecule has 0 amide bonds. The second kappa shape index (κ2) is 6.89. The van der Waals surface area contributed by atoms with Gasteiger partial charge in [0.25, 0.3) is 0 Å². The number of allylic oxidation sites excluding steroid dienone is 2. The van der Waals surface area contributed by atoms with Crippen LogP contribution in [-0.2, 0) is 4.79 Å². The van der Waals surface area contributed by atoms with E-state index in [4.69, 9.17) is 0 Å². The van der Waals surface area contributed by atoms with E-state index in [1.54, 1.807) is 0 Å². The average Bonchev–Trinajstić information content (AvgIpc) is 2.95. The Kier molecular flexibility index (Phi) is 4.87. The van der Waals surface area contributed by atoms with Crippen LogP contribution in [0, 0.1) is 0 Å². The van der Waals surface area contributed by atoms with E-state index in [9.17, 15) is 4.79 Å². The molecule has 23 heavy (non-hydrogen) atoms. The molecule has 1 N–H and O–H groups in total. The topological polar surface area (TPSA) is 36.1 Å². The highest BCUT2D eigenvalue weighted by Gasteiger charge is 2.27. The fourth-order valence-corrected chi connectivity index (χ4v) is 4.71. The van der Waals surface area contributed by atoms with Crippen molar-refractivity contribution < 1.29 is 4.79 Å². The number of fused-ring (bicyclic) bond motifs is 1. The number of benzene rings is 1. The average molecular weight is 345 g/mol. The van der Waals surface area contributed by atoms with Crippen molar-refractivity contribution in [2.24, 2.45) is 0 Å². The van der Waals surface area contributed by atoms with Crippen molar-refractivity contribution in [3.63, 3.8) is 0 Å². The number of aldehydes is 1. The van der Waals surface area contributed by atoms with E-state index >= 15 is 0 Å². The molecule has 0 bridgehead atoms. The van der Waals surface area contributed by atoms with Crippen molar-refractivity contribution in [2.45, 2.75) is 10.5 Å². The van der Waals surface area contributed by atoms with Crippen molar-refractivity contribution in [3.8, 4) is 0 Å². The van der Waals surface area contributed by atoms with E-state index in [-0.39, 0.29) is 5.92 Å². The quantitative estimate of drug-likeness (QED) is 0.639. The third kappa shape index (κ3) is 2.95. The number of H-pyrrole nitrogens is 1. The van der Waals surface area contributed by atoms with Crippen molar-refractivity contribution in [3.05, 3.63) is 59.6 Å². The molecule has 0 aliphatic carbocycles. The maximum atomic E-state index is 11.6. The lowest BCUT2D eigenvalue weighted by Gasteiger charge is -2.24. The maximum absolute atomic E-state index is 11.6. The van der Waals surface area contributed by atoms with Crippen LogP contribution in [-0.4, -0.2) is 35.7 Å². The Morgan fingerprint density at radius 3 is 2.70 bits per heavy atom. The molecule has 3 rings (SSSR count). The van der Waals surface area contributed by atoms with Crippen LogP contribution < -0.4 is 0 Å². The van der Waals surface area contributed by atoms with E-state index in [1.165, 1.54) is 16.6 Å². The first kappa shape index (κ1) is 16.3. The minimum Gasteiger partial charge on any atom is -0.357 e. The number of rotatable bonds is 5. The summed E-state index contributed by atoms with van der Waals surface area (Å²) in [4.78, 5) is 17.1. The van der Waals surface area contributed by atoms with Crippen LogP contribution in [0.3, 0.4) is 0 Å². The van der Waals surface area contributed by atoms with Crippen LogP contribution in [0.1, 0.15) is 21.8 Å². The fraction of sp³-hybridized carbons (Fsp3) is 0.278. The standard InChI is InChI=1S/C18H20N2OS2/c1-20-9-8-13(12(10-20)11-21)16-14-6-4-5-7-15(14)19-17(16)18(22-2)23-3/h4-11,13,18-19H,1-3H3. The highest BCUT2D eigenvalue weighted by molar-refractivity contribution is 8.15. The lowest BCUT2D eigenvalue weighted by molar-refractivity contribution is -0.105. The van der Waals surface area contributed by atoms with E-state index in [0.717, 1.165) is 17.4 Å². The Balaban J connectivity index is 2.22. The van der Waals surface area contributed by atoms with Gasteiger partial charge in [-0.25, -0.2) is 0 Å². The smallest absolute Gasteiger partial charge is 0.148 e. The number of hydrogen-bond donors (Lipinski definition) is 1. The van der Waals surface area contributed by atoms with Crippen LogP contribution in [0.15, 0.2) is 48.3 Å². The Morgan fingerprint density at radius 2 is 2.00 bits per heavy atom. The summed E-state index contributed by atoms with van der Waals surface area (Å²) in [7, 11) is 1.94. The molecular weight excluding hydrogens is 324 g/mol. The molecule has 5 heteroatoms. The van der Waals surface area contributed by atoms with Crippen molar-refractivity contribution >= 4 is 40.7 Å². The maximum Gasteiger partial charge on any atom is 0.148 e. The molecular formula is C18H20N2OS2. The van der Waals surface area contributed by atoms with Gasteiger partial charge in [0.15, 0.2) is 0 Å². The van der Waals surface area contributed by atoms with Crippen molar-refractivity contribution in [1.29, 1.82) is 0 Å². The number of carbonyl (C=O) groups is 1. The van der Waals surface area contributed by atoms with Gasteiger partial charge in [0, 0.05) is 47.5 Å². The molecule has 0 spiro atoms. The van der Waals surface area contributed by atoms with Crippen LogP contribution in [0.25, 0.3) is 10.9 Å². The van der Waals surface area contributed by atoms with E-state index in [1.807, 2.05) is 53.9 Å². The molecule has 2 heterocycles. The van der Waals surface area contributed by atoms with Gasteiger partial charge < -0.3 is 9.88 Å². The van der Waals surface area contributed by atoms with Crippen molar-refractivity contribution in [2.75, 3.05) is 19.6 Å². The van der Waals surface area contributed by atoms with Crippen LogP contribution >= 0.6 is 23.5 Å². The first-order valence-electron chi connectivity index (χ1n) is 7.42. The number of nitrogens with zero attached hydrogens (tertiary/aromatic N) is 1. The Hall–Kier alpha value is -1.59. The molecule has 1 aliphatic rings. The summed E-state index contributed by atoms with van der Waals surface area (Å²) >= 11 is 3.63. The lowest BCUT2D eigenvalue weighted by Crippen LogP contribution is -2.14. The minimum absolute atomic E-state index is 0.00310. The Labute approximate surface area is 145 Å². The van der Waals surface area contributed by atoms with Gasteiger partial charge in [0.2, 0.25) is 0 Å². The SMILES string of the molecule is CSC(SC)c1[nH]c2ccccc2c1C1C=CN(C)C=C1C=O. The summed E-state index contributed by atoms with van der Waals surface area (Å²) < 4.78 is 0.318. The molecule has 3 nitrogen and oxygen atoms in total. The van der Waals surface area contributed by atoms with Gasteiger partial charge in [-0.2, -0.15) is 0 Å². The molecule has 0 fully saturated rings. The van der Waals surface area contributed by atoms with Crippen LogP contribution in [0.5, 0.6) is 0 Å². The molecule has 1 aliphatic heterocycles. The predicted molar refractivity (Wildman–Crippen MR) is 102 cm³/mol. The monoisotopic (exact) mass is 344 g/mol. The zero-order valence-corrected chi connectivity index (χ0v) is 15.1. The summed E-state index contributed by atoms with van der Waals surface area (Å²) in [6, 6.07) is 8.33. The number of hydrogen-bond acceptors (Lipinski definition) is 4. The fourth-order valence-electron chi connectivity index (χ4n) is 3.10. The third-order valence-electron chi connectivity index (χ3n) is 4.11. The van der Waals surface area contributed by atoms with Crippen LogP contribution in [0.4, 0.5) is 0 Å². The van der Waals surface area contributed by atoms with E-state index < -0.39 is 0 Å². The molecule has 1 aromatic heterocycles. The number of thioether (sulfide) groups is 2. The summed E-state index contributed by atoms with van der Waals surface area (Å²) in [5, 5.41) is 1.20. The van der Waals surface area contributed by atoms with Gasteiger partial charge in [0.1, 0.15) is 6.29 Å². The molecule has 2 aromatic rings. The molecule has 1 atom stereocenters. The van der Waals surface area contributed by atoms with Crippen LogP contribution in [0.2, 0.25) is 0 Å². The zero-order valence-electron chi connectivity index (χ0n) is 13.4. The number of aromatic amines is 1. The van der Waals surface area contributed by atoms with Gasteiger partial charge >= 0.3 is 0 Å². The van der Waals surface area contributed by atoms with E-state index in [2.05, 4.69) is 41.8 Å². The minimum atomic E-state index is -0.00310. The highest BCUT2D eigenvalue weighted by Crippen LogP contribution is 2.44. The van der Waals surface area contributed by atoms with Gasteiger partial charge in [-0.05, 0) is 24.1 Å². The molecule has 1 aromatic carbocycles. The third-order valence-corrected chi connectivity index (χ3v) is 6.60. The lowest BCUT2D eigenvalue weighted by atomic mass is 9.88. The second-order valence-electron chi connectivity index (χ2n) is 5.53. The summed E-state index contributed by atoms with van der Waals surface area (Å²) in [5.41, 5.74) is 4.35. The Bertz CT molecular complexity index is 774. The summed E-state index contributed by atoms with van der Waals surface area (Å²) in [6.07, 6.45) is 11.3. The Morgan fingerprint density at radius 1 is 1.26 bits per heavy atom. The summed E-state index contributed by atoms with van der Waals surface area (Å²) in [5.74, 6) is -0.00310.